The van der Waals surface area contributed by atoms with Crippen LogP contribution in [0.25, 0.3) is 0 Å². The SMILES string of the molecule is CC(C)(C)C(=O)N1CC(O)C[C@H]1C(=O)O. The molecular weight excluding hydrogens is 198 g/mol. The smallest absolute Gasteiger partial charge is 0.326 e. The second-order valence-electron chi connectivity index (χ2n) is 4.95. The molecule has 1 unspecified atom stereocenters. The molecule has 1 aliphatic rings. The summed E-state index contributed by atoms with van der Waals surface area (Å²) in [5, 5.41) is 18.3. The molecule has 1 amide bonds. The van der Waals surface area contributed by atoms with Gasteiger partial charge in [-0.1, -0.05) is 20.8 Å². The standard InChI is InChI=1S/C10H17NO4/c1-10(2,3)9(15)11-5-6(12)4-7(11)8(13)14/h6-7,12H,4-5H2,1-3H3,(H,13,14)/t6?,7-/m0/s1. The minimum absolute atomic E-state index is 0.118. The predicted octanol–water partition coefficient (Wildman–Crippen LogP) is 0.0789. The van der Waals surface area contributed by atoms with Crippen LogP contribution < -0.4 is 0 Å². The molecule has 0 bridgehead atoms. The maximum Gasteiger partial charge on any atom is 0.326 e. The van der Waals surface area contributed by atoms with E-state index in [0.717, 1.165) is 0 Å². The van der Waals surface area contributed by atoms with E-state index in [4.69, 9.17) is 5.11 Å². The van der Waals surface area contributed by atoms with Crippen LogP contribution in [0.15, 0.2) is 0 Å². The first-order valence-corrected chi connectivity index (χ1v) is 4.95. The van der Waals surface area contributed by atoms with Crippen LogP contribution in [0.5, 0.6) is 0 Å². The molecule has 5 nitrogen and oxygen atoms in total. The van der Waals surface area contributed by atoms with Gasteiger partial charge in [0.25, 0.3) is 0 Å². The third-order valence-electron chi connectivity index (χ3n) is 2.47. The first kappa shape index (κ1) is 12.0. The molecule has 0 radical (unpaired) electrons. The van der Waals surface area contributed by atoms with Crippen molar-refractivity contribution in [2.24, 2.45) is 5.41 Å². The monoisotopic (exact) mass is 215 g/mol. The number of hydrogen-bond donors (Lipinski definition) is 2. The Morgan fingerprint density at radius 1 is 1.33 bits per heavy atom. The number of hydrogen-bond acceptors (Lipinski definition) is 3. The summed E-state index contributed by atoms with van der Waals surface area (Å²) in [6.07, 6.45) is -0.602. The number of carboxylic acids is 1. The van der Waals surface area contributed by atoms with Crippen LogP contribution in [0.1, 0.15) is 27.2 Å². The van der Waals surface area contributed by atoms with Gasteiger partial charge >= 0.3 is 5.97 Å². The Bertz CT molecular complexity index is 282. The highest BCUT2D eigenvalue weighted by Gasteiger charge is 2.42. The maximum atomic E-state index is 11.9. The van der Waals surface area contributed by atoms with E-state index in [2.05, 4.69) is 0 Å². The van der Waals surface area contributed by atoms with Gasteiger partial charge < -0.3 is 15.1 Å². The number of carboxylic acid groups (broad SMARTS) is 1. The second kappa shape index (κ2) is 3.81. The highest BCUT2D eigenvalue weighted by atomic mass is 16.4. The normalized spacial score (nSPS) is 26.8. The van der Waals surface area contributed by atoms with Gasteiger partial charge in [-0.2, -0.15) is 0 Å². The van der Waals surface area contributed by atoms with E-state index in [1.807, 2.05) is 0 Å². The van der Waals surface area contributed by atoms with Gasteiger partial charge in [0.05, 0.1) is 6.10 Å². The van der Waals surface area contributed by atoms with Crippen LogP contribution in [0.2, 0.25) is 0 Å². The third-order valence-corrected chi connectivity index (χ3v) is 2.47. The number of aliphatic carboxylic acids is 1. The van der Waals surface area contributed by atoms with Gasteiger partial charge in [0, 0.05) is 18.4 Å². The van der Waals surface area contributed by atoms with Gasteiger partial charge in [-0.05, 0) is 0 Å². The van der Waals surface area contributed by atoms with E-state index in [1.165, 1.54) is 4.90 Å². The number of aliphatic hydroxyl groups excluding tert-OH is 1. The van der Waals surface area contributed by atoms with Crippen molar-refractivity contribution < 1.29 is 19.8 Å². The number of rotatable bonds is 1. The summed E-state index contributed by atoms with van der Waals surface area (Å²) >= 11 is 0. The lowest BCUT2D eigenvalue weighted by atomic mass is 9.94. The minimum Gasteiger partial charge on any atom is -0.480 e. The lowest BCUT2D eigenvalue weighted by Gasteiger charge is -2.28. The summed E-state index contributed by atoms with van der Waals surface area (Å²) in [5.74, 6) is -1.28. The van der Waals surface area contributed by atoms with Gasteiger partial charge in [0.15, 0.2) is 0 Å². The highest BCUT2D eigenvalue weighted by Crippen LogP contribution is 2.25. The van der Waals surface area contributed by atoms with Crippen LogP contribution in [0.4, 0.5) is 0 Å². The van der Waals surface area contributed by atoms with Gasteiger partial charge in [-0.15, -0.1) is 0 Å². The average molecular weight is 215 g/mol. The summed E-state index contributed by atoms with van der Waals surface area (Å²) < 4.78 is 0. The molecule has 0 aliphatic carbocycles. The molecular formula is C10H17NO4. The average Bonchev–Trinajstić information content (AvgIpc) is 2.44. The maximum absolute atomic E-state index is 11.9. The lowest BCUT2D eigenvalue weighted by molar-refractivity contribution is -0.151. The number of nitrogens with zero attached hydrogens (tertiary/aromatic N) is 1. The van der Waals surface area contributed by atoms with Crippen LogP contribution in [0.3, 0.4) is 0 Å². The molecule has 2 atom stereocenters. The third kappa shape index (κ3) is 2.47. The Morgan fingerprint density at radius 3 is 2.27 bits per heavy atom. The summed E-state index contributed by atoms with van der Waals surface area (Å²) in [4.78, 5) is 24.0. The topological polar surface area (TPSA) is 77.8 Å². The zero-order valence-electron chi connectivity index (χ0n) is 9.23. The summed E-state index contributed by atoms with van der Waals surface area (Å²) in [5.41, 5.74) is -0.613. The molecule has 1 fully saturated rings. The van der Waals surface area contributed by atoms with E-state index in [9.17, 15) is 14.7 Å². The Hall–Kier alpha value is -1.10. The molecule has 0 spiro atoms. The molecule has 1 rings (SSSR count). The van der Waals surface area contributed by atoms with Crippen LogP contribution >= 0.6 is 0 Å². The van der Waals surface area contributed by atoms with Crippen LogP contribution in [0, 0.1) is 5.41 Å². The van der Waals surface area contributed by atoms with Crippen LogP contribution in [-0.4, -0.2) is 45.7 Å². The molecule has 1 aliphatic heterocycles. The van der Waals surface area contributed by atoms with Crippen molar-refractivity contribution in [2.45, 2.75) is 39.3 Å². The first-order valence-electron chi connectivity index (χ1n) is 4.95. The molecule has 2 N–H and O–H groups in total. The summed E-state index contributed by atoms with van der Waals surface area (Å²) in [7, 11) is 0. The molecule has 86 valence electrons. The number of amides is 1. The Kier molecular flexibility index (Phi) is 3.04. The van der Waals surface area contributed by atoms with Crippen molar-refractivity contribution in [3.05, 3.63) is 0 Å². The summed E-state index contributed by atoms with van der Waals surface area (Å²) in [6.45, 7) is 5.32. The van der Waals surface area contributed by atoms with Crippen molar-refractivity contribution in [2.75, 3.05) is 6.54 Å². The number of carbonyl (C=O) groups excluding carboxylic acids is 1. The van der Waals surface area contributed by atoms with E-state index in [0.29, 0.717) is 0 Å². The molecule has 15 heavy (non-hydrogen) atoms. The molecule has 1 heterocycles. The largest absolute Gasteiger partial charge is 0.480 e. The van der Waals surface area contributed by atoms with Crippen molar-refractivity contribution in [3.63, 3.8) is 0 Å². The van der Waals surface area contributed by atoms with E-state index >= 15 is 0 Å². The fraction of sp³-hybridized carbons (Fsp3) is 0.800. The van der Waals surface area contributed by atoms with Crippen molar-refractivity contribution >= 4 is 11.9 Å². The van der Waals surface area contributed by atoms with Crippen molar-refractivity contribution in [1.82, 2.24) is 4.90 Å². The minimum atomic E-state index is -1.05. The number of β-amino-alcohol motifs (C(OH)–C–C–N with tert-alkyl or cyclic N) is 1. The van der Waals surface area contributed by atoms with E-state index < -0.39 is 23.5 Å². The van der Waals surface area contributed by atoms with Gasteiger partial charge in [0.2, 0.25) is 5.91 Å². The molecule has 0 aromatic heterocycles. The number of carbonyl (C=O) groups is 2. The zero-order chi connectivity index (χ0) is 11.8. The highest BCUT2D eigenvalue weighted by molar-refractivity contribution is 5.87. The second-order valence-corrected chi connectivity index (χ2v) is 4.95. The van der Waals surface area contributed by atoms with Crippen molar-refractivity contribution in [1.29, 1.82) is 0 Å². The molecule has 0 saturated carbocycles. The lowest BCUT2D eigenvalue weighted by Crippen LogP contribution is -2.45. The van der Waals surface area contributed by atoms with Gasteiger partial charge in [0.1, 0.15) is 6.04 Å². The number of likely N-dealkylation sites (tertiary alicyclic amines) is 1. The molecule has 1 saturated heterocycles. The summed E-state index contributed by atoms with van der Waals surface area (Å²) in [6, 6.07) is -0.883. The molecule has 5 heteroatoms. The van der Waals surface area contributed by atoms with Crippen molar-refractivity contribution in [3.8, 4) is 0 Å². The number of aliphatic hydroxyl groups is 1. The Morgan fingerprint density at radius 2 is 1.87 bits per heavy atom. The fourth-order valence-electron chi connectivity index (χ4n) is 1.70. The van der Waals surface area contributed by atoms with Gasteiger partial charge in [-0.3, -0.25) is 4.79 Å². The molecule has 0 aromatic rings. The van der Waals surface area contributed by atoms with Gasteiger partial charge in [-0.25, -0.2) is 4.79 Å². The molecule has 0 aromatic carbocycles. The zero-order valence-corrected chi connectivity index (χ0v) is 9.23. The quantitative estimate of drug-likeness (QED) is 0.649. The Balaban J connectivity index is 2.85. The van der Waals surface area contributed by atoms with E-state index in [-0.39, 0.29) is 18.9 Å². The Labute approximate surface area is 88.7 Å². The predicted molar refractivity (Wildman–Crippen MR) is 53.2 cm³/mol. The van der Waals surface area contributed by atoms with Crippen LogP contribution in [-0.2, 0) is 9.59 Å². The fourth-order valence-corrected chi connectivity index (χ4v) is 1.70. The van der Waals surface area contributed by atoms with E-state index in [1.54, 1.807) is 20.8 Å². The first-order chi connectivity index (χ1) is 6.73.